The molecule has 200 valence electrons. The van der Waals surface area contributed by atoms with Crippen LogP contribution in [0.1, 0.15) is 77.3 Å². The Morgan fingerprint density at radius 2 is 1.78 bits per heavy atom. The molecule has 0 amide bonds. The molecule has 1 aromatic heterocycles. The molecule has 2 radical (unpaired) electrons. The molecular formula is C24H30BF2N2O7P. The fraction of sp³-hybridized carbons (Fsp3) is 0.583. The Hall–Kier alpha value is -2.11. The minimum atomic E-state index is -2.41. The standard InChI is InChI=1S/C24H30BF2N2O7P/c1-22(2,3)13-9-14(23(4,5)6)19-12(18(13)27)11-33-37(35-19)36-24(25,32)16-7-8-17(34-16)29-10-15(26)20(30)28-21(29)31/h9-10,16-17,32H,7-8,11H2,1-6H3,(H,28,30,31). The molecule has 0 bridgehead atoms. The van der Waals surface area contributed by atoms with Gasteiger partial charge in [0, 0.05) is 5.56 Å². The van der Waals surface area contributed by atoms with Gasteiger partial charge in [0.25, 0.3) is 5.56 Å². The average molecular weight is 538 g/mol. The molecule has 2 aliphatic heterocycles. The molecule has 2 aromatic rings. The van der Waals surface area contributed by atoms with Crippen molar-refractivity contribution in [3.8, 4) is 5.75 Å². The second-order valence-corrected chi connectivity index (χ2v) is 12.4. The van der Waals surface area contributed by atoms with Crippen molar-refractivity contribution in [1.82, 2.24) is 9.55 Å². The van der Waals surface area contributed by atoms with Crippen molar-refractivity contribution in [2.45, 2.75) is 89.8 Å². The van der Waals surface area contributed by atoms with Gasteiger partial charge in [0.05, 0.1) is 18.4 Å². The van der Waals surface area contributed by atoms with Crippen LogP contribution in [-0.4, -0.2) is 34.3 Å². The third-order valence-corrected chi connectivity index (χ3v) is 7.43. The van der Waals surface area contributed by atoms with Gasteiger partial charge in [0.1, 0.15) is 23.9 Å². The number of halogens is 2. The highest BCUT2D eigenvalue weighted by atomic mass is 31.2. The van der Waals surface area contributed by atoms with Gasteiger partial charge in [-0.15, -0.1) is 0 Å². The normalized spacial score (nSPS) is 23.9. The molecule has 9 nitrogen and oxygen atoms in total. The van der Waals surface area contributed by atoms with Crippen LogP contribution in [0, 0.1) is 11.6 Å². The zero-order valence-corrected chi connectivity index (χ0v) is 22.4. The van der Waals surface area contributed by atoms with Gasteiger partial charge in [0.2, 0.25) is 5.82 Å². The number of hydrogen-bond acceptors (Lipinski definition) is 7. The van der Waals surface area contributed by atoms with Crippen molar-refractivity contribution >= 4 is 16.4 Å². The van der Waals surface area contributed by atoms with Gasteiger partial charge in [-0.25, -0.2) is 9.18 Å². The Kier molecular flexibility index (Phi) is 7.22. The summed E-state index contributed by atoms with van der Waals surface area (Å²) < 4.78 is 52.8. The van der Waals surface area contributed by atoms with Gasteiger partial charge >= 0.3 is 14.3 Å². The number of aliphatic hydroxyl groups is 1. The predicted molar refractivity (Wildman–Crippen MR) is 132 cm³/mol. The highest BCUT2D eigenvalue weighted by Gasteiger charge is 2.45. The van der Waals surface area contributed by atoms with Crippen molar-refractivity contribution in [2.75, 3.05) is 0 Å². The monoisotopic (exact) mass is 538 g/mol. The molecule has 2 aliphatic rings. The van der Waals surface area contributed by atoms with Crippen molar-refractivity contribution < 1.29 is 32.2 Å². The molecule has 0 spiro atoms. The SMILES string of the molecule is [B]C(O)(OP1OCc2c(F)c(C(C)(C)C)cc(C(C)(C)C)c2O1)C1CCC(n2cc(F)c(=O)[nH]c2=O)O1. The molecule has 1 aromatic carbocycles. The van der Waals surface area contributed by atoms with Gasteiger partial charge in [-0.2, -0.15) is 4.39 Å². The van der Waals surface area contributed by atoms with Crippen LogP contribution in [0.25, 0.3) is 0 Å². The number of aromatic amines is 1. The first kappa shape index (κ1) is 27.9. The van der Waals surface area contributed by atoms with Crippen LogP contribution < -0.4 is 15.8 Å². The Morgan fingerprint density at radius 1 is 1.14 bits per heavy atom. The Morgan fingerprint density at radius 3 is 2.41 bits per heavy atom. The van der Waals surface area contributed by atoms with E-state index in [9.17, 15) is 19.1 Å². The predicted octanol–water partition coefficient (Wildman–Crippen LogP) is 3.75. The summed E-state index contributed by atoms with van der Waals surface area (Å²) in [5.74, 6) is -1.30. The van der Waals surface area contributed by atoms with Crippen LogP contribution in [0.15, 0.2) is 21.9 Å². The van der Waals surface area contributed by atoms with E-state index in [0.29, 0.717) is 5.56 Å². The zero-order valence-electron chi connectivity index (χ0n) is 21.6. The fourth-order valence-corrected chi connectivity index (χ4v) is 5.37. The highest BCUT2D eigenvalue weighted by molar-refractivity contribution is 7.42. The minimum Gasteiger partial charge on any atom is -0.426 e. The molecule has 4 rings (SSSR count). The largest absolute Gasteiger partial charge is 0.426 e. The van der Waals surface area contributed by atoms with Crippen molar-refractivity contribution in [2.24, 2.45) is 0 Å². The minimum absolute atomic E-state index is 0.140. The van der Waals surface area contributed by atoms with E-state index in [2.05, 4.69) is 0 Å². The first-order chi connectivity index (χ1) is 17.0. The molecule has 0 saturated carbocycles. The van der Waals surface area contributed by atoms with Gasteiger partial charge in [-0.05, 0) is 35.3 Å². The second kappa shape index (κ2) is 9.57. The summed E-state index contributed by atoms with van der Waals surface area (Å²) in [7, 11) is 3.75. The lowest BCUT2D eigenvalue weighted by Gasteiger charge is -2.37. The smallest absolute Gasteiger partial charge is 0.399 e. The van der Waals surface area contributed by atoms with E-state index >= 15 is 4.39 Å². The van der Waals surface area contributed by atoms with Gasteiger partial charge < -0.3 is 14.4 Å². The van der Waals surface area contributed by atoms with Crippen LogP contribution in [-0.2, 0) is 31.2 Å². The Labute approximate surface area is 215 Å². The molecule has 37 heavy (non-hydrogen) atoms. The molecule has 3 heterocycles. The van der Waals surface area contributed by atoms with Gasteiger partial charge in [-0.1, -0.05) is 41.5 Å². The van der Waals surface area contributed by atoms with E-state index in [1.54, 1.807) is 6.07 Å². The lowest BCUT2D eigenvalue weighted by atomic mass is 9.78. The molecule has 13 heteroatoms. The van der Waals surface area contributed by atoms with Crippen LogP contribution in [0.2, 0.25) is 0 Å². The van der Waals surface area contributed by atoms with Crippen molar-refractivity contribution in [3.05, 3.63) is 61.4 Å². The average Bonchev–Trinajstić information content (AvgIpc) is 3.25. The number of fused-ring (bicyclic) bond motifs is 1. The maximum Gasteiger partial charge on any atom is 0.399 e. The topological polar surface area (TPSA) is 112 Å². The Bertz CT molecular complexity index is 1320. The van der Waals surface area contributed by atoms with Crippen LogP contribution >= 0.6 is 8.60 Å². The van der Waals surface area contributed by atoms with Crippen LogP contribution in [0.4, 0.5) is 8.78 Å². The number of rotatable bonds is 4. The molecule has 4 atom stereocenters. The number of H-pyrrole nitrogens is 1. The van der Waals surface area contributed by atoms with Crippen LogP contribution in [0.5, 0.6) is 5.75 Å². The number of hydrogen-bond donors (Lipinski definition) is 2. The van der Waals surface area contributed by atoms with E-state index in [0.717, 1.165) is 16.3 Å². The fourth-order valence-electron chi connectivity index (χ4n) is 4.28. The summed E-state index contributed by atoms with van der Waals surface area (Å²) in [6.07, 6.45) is -1.09. The first-order valence-corrected chi connectivity index (χ1v) is 12.9. The highest BCUT2D eigenvalue weighted by Crippen LogP contribution is 2.54. The molecular weight excluding hydrogens is 508 g/mol. The second-order valence-electron chi connectivity index (χ2n) is 11.3. The zero-order chi connectivity index (χ0) is 27.5. The summed E-state index contributed by atoms with van der Waals surface area (Å²) in [5.41, 5.74) is -3.74. The molecule has 4 unspecified atom stereocenters. The summed E-state index contributed by atoms with van der Waals surface area (Å²) in [5, 5.41) is 10.9. The quantitative estimate of drug-likeness (QED) is 0.347. The number of nitrogens with zero attached hydrogens (tertiary/aromatic N) is 1. The van der Waals surface area contributed by atoms with E-state index in [1.165, 1.54) is 0 Å². The van der Waals surface area contributed by atoms with E-state index in [4.69, 9.17) is 26.2 Å². The summed E-state index contributed by atoms with van der Waals surface area (Å²) in [4.78, 5) is 25.2. The van der Waals surface area contributed by atoms with Gasteiger partial charge in [-0.3, -0.25) is 23.4 Å². The lowest BCUT2D eigenvalue weighted by Crippen LogP contribution is -2.45. The lowest BCUT2D eigenvalue weighted by molar-refractivity contribution is -0.172. The third-order valence-electron chi connectivity index (χ3n) is 6.32. The molecule has 1 saturated heterocycles. The Balaban J connectivity index is 1.55. The third kappa shape index (κ3) is 5.54. The number of benzene rings is 1. The van der Waals surface area contributed by atoms with Gasteiger partial charge in [0.15, 0.2) is 13.5 Å². The molecule has 1 fully saturated rings. The number of ether oxygens (including phenoxy) is 1. The van der Waals surface area contributed by atoms with Crippen LogP contribution in [0.3, 0.4) is 0 Å². The molecule has 2 N–H and O–H groups in total. The van der Waals surface area contributed by atoms with E-state index in [-0.39, 0.29) is 30.8 Å². The number of nitrogens with one attached hydrogen (secondary N) is 1. The molecule has 0 aliphatic carbocycles. The van der Waals surface area contributed by atoms with Crippen molar-refractivity contribution in [3.63, 3.8) is 0 Å². The van der Waals surface area contributed by atoms with Crippen molar-refractivity contribution in [1.29, 1.82) is 0 Å². The van der Waals surface area contributed by atoms with E-state index < -0.39 is 60.3 Å². The van der Waals surface area contributed by atoms with E-state index in [1.807, 2.05) is 46.5 Å². The first-order valence-electron chi connectivity index (χ1n) is 11.8. The maximum atomic E-state index is 15.5. The summed E-state index contributed by atoms with van der Waals surface area (Å²) in [6, 6.07) is 1.79. The summed E-state index contributed by atoms with van der Waals surface area (Å²) in [6.45, 7) is 11.5. The number of aromatic nitrogens is 2. The summed E-state index contributed by atoms with van der Waals surface area (Å²) >= 11 is 0. The maximum absolute atomic E-state index is 15.5.